The fraction of sp³-hybridized carbons (Fsp3) is 0.538. The van der Waals surface area contributed by atoms with Gasteiger partial charge < -0.3 is 5.11 Å². The van der Waals surface area contributed by atoms with E-state index in [2.05, 4.69) is 9.71 Å². The van der Waals surface area contributed by atoms with Crippen LogP contribution in [0.3, 0.4) is 0 Å². The van der Waals surface area contributed by atoms with Crippen molar-refractivity contribution in [2.45, 2.75) is 26.7 Å². The highest BCUT2D eigenvalue weighted by Gasteiger charge is 2.32. The number of aryl methyl sites for hydroxylation is 2. The highest BCUT2D eigenvalue weighted by molar-refractivity contribution is 7.90. The van der Waals surface area contributed by atoms with Gasteiger partial charge >= 0.3 is 16.2 Å². The Bertz CT molecular complexity index is 645. The second kappa shape index (κ2) is 5.98. The largest absolute Gasteiger partial charge is 0.481 e. The van der Waals surface area contributed by atoms with Crippen LogP contribution in [0.1, 0.15) is 24.2 Å². The number of rotatable bonds is 4. The second-order valence-electron chi connectivity index (χ2n) is 5.23. The van der Waals surface area contributed by atoms with Crippen LogP contribution in [0.15, 0.2) is 12.1 Å². The number of aromatic nitrogens is 1. The Morgan fingerprint density at radius 1 is 1.43 bits per heavy atom. The fourth-order valence-corrected chi connectivity index (χ4v) is 3.73. The maximum Gasteiger partial charge on any atom is 0.307 e. The van der Waals surface area contributed by atoms with Gasteiger partial charge in [0.1, 0.15) is 0 Å². The zero-order valence-corrected chi connectivity index (χ0v) is 12.9. The lowest BCUT2D eigenvalue weighted by atomic mass is 10.0. The molecule has 116 valence electrons. The number of pyridine rings is 1. The lowest BCUT2D eigenvalue weighted by molar-refractivity contribution is -0.142. The van der Waals surface area contributed by atoms with Crippen molar-refractivity contribution in [3.63, 3.8) is 0 Å². The average molecular weight is 313 g/mol. The first kappa shape index (κ1) is 15.7. The lowest BCUT2D eigenvalue weighted by Crippen LogP contribution is -2.44. The summed E-state index contributed by atoms with van der Waals surface area (Å²) in [6, 6.07) is 3.38. The zero-order valence-electron chi connectivity index (χ0n) is 12.0. The van der Waals surface area contributed by atoms with E-state index in [1.807, 2.05) is 6.92 Å². The van der Waals surface area contributed by atoms with Gasteiger partial charge in [-0.1, -0.05) is 0 Å². The molecule has 2 rings (SSSR count). The van der Waals surface area contributed by atoms with Crippen molar-refractivity contribution in [1.29, 1.82) is 0 Å². The molecule has 1 fully saturated rings. The minimum absolute atomic E-state index is 0.00298. The summed E-state index contributed by atoms with van der Waals surface area (Å²) in [6.07, 6.45) is 1.05. The quantitative estimate of drug-likeness (QED) is 0.868. The zero-order chi connectivity index (χ0) is 15.6. The Morgan fingerprint density at radius 2 is 2.14 bits per heavy atom. The van der Waals surface area contributed by atoms with Gasteiger partial charge in [-0.3, -0.25) is 14.5 Å². The molecule has 0 bridgehead atoms. The first-order valence-corrected chi connectivity index (χ1v) is 8.18. The monoisotopic (exact) mass is 313 g/mol. The van der Waals surface area contributed by atoms with Crippen molar-refractivity contribution >= 4 is 21.9 Å². The van der Waals surface area contributed by atoms with Gasteiger partial charge in [0.2, 0.25) is 0 Å². The predicted octanol–water partition coefficient (Wildman–Crippen LogP) is 1.15. The van der Waals surface area contributed by atoms with Gasteiger partial charge in [0, 0.05) is 18.8 Å². The van der Waals surface area contributed by atoms with Gasteiger partial charge in [0.15, 0.2) is 0 Å². The van der Waals surface area contributed by atoms with Crippen LogP contribution in [-0.4, -0.2) is 41.9 Å². The third-order valence-corrected chi connectivity index (χ3v) is 5.03. The van der Waals surface area contributed by atoms with Crippen LogP contribution in [-0.2, 0) is 15.0 Å². The van der Waals surface area contributed by atoms with Gasteiger partial charge in [0.25, 0.3) is 0 Å². The van der Waals surface area contributed by atoms with E-state index in [9.17, 15) is 13.2 Å². The number of carboxylic acid groups (broad SMARTS) is 1. The molecule has 0 aliphatic carbocycles. The number of nitrogens with zero attached hydrogens (tertiary/aromatic N) is 2. The van der Waals surface area contributed by atoms with Gasteiger partial charge in [-0.05, 0) is 38.8 Å². The minimum atomic E-state index is -3.76. The summed E-state index contributed by atoms with van der Waals surface area (Å²) in [7, 11) is -3.76. The van der Waals surface area contributed by atoms with Gasteiger partial charge in [-0.15, -0.1) is 0 Å². The van der Waals surface area contributed by atoms with E-state index in [1.54, 1.807) is 19.1 Å². The van der Waals surface area contributed by atoms with Crippen LogP contribution in [0.5, 0.6) is 0 Å². The van der Waals surface area contributed by atoms with Crippen molar-refractivity contribution in [3.8, 4) is 0 Å². The molecule has 1 aliphatic heterocycles. The molecule has 1 aromatic rings. The van der Waals surface area contributed by atoms with E-state index in [4.69, 9.17) is 5.11 Å². The van der Waals surface area contributed by atoms with Crippen molar-refractivity contribution in [2.24, 2.45) is 5.92 Å². The number of carboxylic acids is 1. The predicted molar refractivity (Wildman–Crippen MR) is 78.2 cm³/mol. The number of aliphatic carboxylic acids is 1. The summed E-state index contributed by atoms with van der Waals surface area (Å²) in [4.78, 5) is 15.2. The first-order valence-electron chi connectivity index (χ1n) is 6.74. The molecule has 21 heavy (non-hydrogen) atoms. The average Bonchev–Trinajstić information content (AvgIpc) is 2.42. The SMILES string of the molecule is Cc1ccc(NS(=O)(=O)N2CCCC(C(=O)O)C2)c(C)n1. The Hall–Kier alpha value is -1.67. The number of hydrogen-bond donors (Lipinski definition) is 2. The van der Waals surface area contributed by atoms with Crippen molar-refractivity contribution < 1.29 is 18.3 Å². The molecule has 0 radical (unpaired) electrons. The molecule has 7 nitrogen and oxygen atoms in total. The van der Waals surface area contributed by atoms with Crippen LogP contribution in [0.2, 0.25) is 0 Å². The molecular weight excluding hydrogens is 294 g/mol. The third-order valence-electron chi connectivity index (χ3n) is 3.54. The van der Waals surface area contributed by atoms with E-state index in [1.165, 1.54) is 4.31 Å². The summed E-state index contributed by atoms with van der Waals surface area (Å²) >= 11 is 0. The molecule has 1 aliphatic rings. The van der Waals surface area contributed by atoms with Crippen molar-refractivity contribution in [1.82, 2.24) is 9.29 Å². The third kappa shape index (κ3) is 3.70. The molecular formula is C13H19N3O4S. The molecule has 1 unspecified atom stereocenters. The van der Waals surface area contributed by atoms with Crippen LogP contribution in [0, 0.1) is 19.8 Å². The van der Waals surface area contributed by atoms with Crippen molar-refractivity contribution in [3.05, 3.63) is 23.5 Å². The summed E-state index contributed by atoms with van der Waals surface area (Å²) in [5.41, 5.74) is 1.81. The molecule has 0 aromatic carbocycles. The Morgan fingerprint density at radius 3 is 2.76 bits per heavy atom. The van der Waals surface area contributed by atoms with Gasteiger partial charge in [-0.25, -0.2) is 0 Å². The molecule has 1 atom stereocenters. The molecule has 2 heterocycles. The normalized spacial score (nSPS) is 20.2. The van der Waals surface area contributed by atoms with E-state index in [0.717, 1.165) is 5.69 Å². The summed E-state index contributed by atoms with van der Waals surface area (Å²) in [5, 5.41) is 9.03. The standard InChI is InChI=1S/C13H19N3O4S/c1-9-5-6-12(10(2)14-9)15-21(19,20)16-7-3-4-11(8-16)13(17)18/h5-6,11,15H,3-4,7-8H2,1-2H3,(H,17,18). The van der Waals surface area contributed by atoms with Crippen LogP contribution >= 0.6 is 0 Å². The Labute approximate surface area is 124 Å². The number of piperidine rings is 1. The fourth-order valence-electron chi connectivity index (χ4n) is 2.36. The topological polar surface area (TPSA) is 99.6 Å². The number of carbonyl (C=O) groups is 1. The van der Waals surface area contributed by atoms with E-state index >= 15 is 0 Å². The van der Waals surface area contributed by atoms with Gasteiger partial charge in [-0.2, -0.15) is 12.7 Å². The maximum absolute atomic E-state index is 12.4. The Kier molecular flexibility index (Phi) is 4.48. The number of nitrogens with one attached hydrogen (secondary N) is 1. The van der Waals surface area contributed by atoms with E-state index in [-0.39, 0.29) is 6.54 Å². The summed E-state index contributed by atoms with van der Waals surface area (Å²) in [5.74, 6) is -1.60. The molecule has 0 spiro atoms. The highest BCUT2D eigenvalue weighted by atomic mass is 32.2. The van der Waals surface area contributed by atoms with E-state index < -0.39 is 22.1 Å². The summed E-state index contributed by atoms with van der Waals surface area (Å²) in [6.45, 7) is 3.88. The smallest absolute Gasteiger partial charge is 0.307 e. The molecule has 8 heteroatoms. The molecule has 2 N–H and O–H groups in total. The first-order chi connectivity index (χ1) is 9.79. The number of anilines is 1. The highest BCUT2D eigenvalue weighted by Crippen LogP contribution is 2.22. The van der Waals surface area contributed by atoms with Crippen LogP contribution < -0.4 is 4.72 Å². The van der Waals surface area contributed by atoms with Gasteiger partial charge in [0.05, 0.1) is 17.3 Å². The van der Waals surface area contributed by atoms with E-state index in [0.29, 0.717) is 30.8 Å². The number of hydrogen-bond acceptors (Lipinski definition) is 4. The van der Waals surface area contributed by atoms with Crippen LogP contribution in [0.4, 0.5) is 5.69 Å². The van der Waals surface area contributed by atoms with Crippen LogP contribution in [0.25, 0.3) is 0 Å². The molecule has 1 saturated heterocycles. The van der Waals surface area contributed by atoms with Crippen molar-refractivity contribution in [2.75, 3.05) is 17.8 Å². The summed E-state index contributed by atoms with van der Waals surface area (Å²) < 4.78 is 28.4. The molecule has 1 aromatic heterocycles. The maximum atomic E-state index is 12.4. The minimum Gasteiger partial charge on any atom is -0.481 e. The molecule has 0 saturated carbocycles. The second-order valence-corrected chi connectivity index (χ2v) is 6.90. The Balaban J connectivity index is 2.16. The molecule has 0 amide bonds. The lowest BCUT2D eigenvalue weighted by Gasteiger charge is -2.30.